The van der Waals surface area contributed by atoms with Gasteiger partial charge in [-0.3, -0.25) is 14.6 Å². The quantitative estimate of drug-likeness (QED) is 0.118. The molecule has 5 aliphatic rings. The van der Waals surface area contributed by atoms with Gasteiger partial charge in [-0.05, 0) is 99.8 Å². The monoisotopic (exact) mass is 702 g/mol. The summed E-state index contributed by atoms with van der Waals surface area (Å²) in [7, 11) is -0.640. The van der Waals surface area contributed by atoms with E-state index in [1.807, 2.05) is 42.5 Å². The first-order valence-electron chi connectivity index (χ1n) is 18.5. The van der Waals surface area contributed by atoms with Crippen molar-refractivity contribution < 1.29 is 28.4 Å². The summed E-state index contributed by atoms with van der Waals surface area (Å²) in [4.78, 5) is 47.3. The molecule has 3 amide bonds. The molecule has 2 saturated heterocycles. The van der Waals surface area contributed by atoms with E-state index in [4.69, 9.17) is 25.5 Å². The van der Waals surface area contributed by atoms with E-state index < -0.39 is 42.4 Å². The van der Waals surface area contributed by atoms with Crippen LogP contribution in [-0.2, 0) is 30.1 Å². The first kappa shape index (κ1) is 36.9. The second-order valence-corrected chi connectivity index (χ2v) is 16.7. The minimum Gasteiger partial charge on any atom is -0.444 e. The third kappa shape index (κ3) is 7.84. The molecule has 3 saturated carbocycles. The van der Waals surface area contributed by atoms with Crippen molar-refractivity contribution >= 4 is 41.8 Å². The number of benzene rings is 2. The van der Waals surface area contributed by atoms with E-state index in [-0.39, 0.29) is 35.7 Å². The summed E-state index contributed by atoms with van der Waals surface area (Å²) in [5.41, 5.74) is 11.0. The molecule has 6 N–H and O–H groups in total. The average molecular weight is 703 g/mol. The van der Waals surface area contributed by atoms with Crippen LogP contribution in [0.15, 0.2) is 47.5 Å². The summed E-state index contributed by atoms with van der Waals surface area (Å²) >= 11 is 0. The lowest BCUT2D eigenvalue weighted by Gasteiger charge is -2.64. The van der Waals surface area contributed by atoms with Gasteiger partial charge in [0.1, 0.15) is 17.7 Å². The number of hydrogen-bond acceptors (Lipinski definition) is 7. The SMILES string of the molecule is CC(C)(C)OC(=O)N[C@@H](Cc1ccc2ccccc2c1)C(=O)N1CCC[C@H]1C(=O)N[C@@H](CCCN=C(N)N)B1OC2CC3CC(C3(C)C)[C@]2(C)O1. The molecule has 276 valence electrons. The predicted octanol–water partition coefficient (Wildman–Crippen LogP) is 4.07. The number of carbonyl (C=O) groups is 3. The Balaban J connectivity index is 1.19. The van der Waals surface area contributed by atoms with Crippen LogP contribution in [-0.4, -0.2) is 84.3 Å². The number of hydrogen-bond donors (Lipinski definition) is 4. The molecule has 3 unspecified atom stereocenters. The van der Waals surface area contributed by atoms with E-state index >= 15 is 0 Å². The van der Waals surface area contributed by atoms with Crippen LogP contribution in [0.2, 0.25) is 0 Å². The Bertz CT molecular complexity index is 1660. The predicted molar refractivity (Wildman–Crippen MR) is 197 cm³/mol. The molecule has 2 aliphatic heterocycles. The van der Waals surface area contributed by atoms with Gasteiger partial charge in [-0.1, -0.05) is 56.3 Å². The maximum atomic E-state index is 14.3. The molecule has 0 aromatic heterocycles. The third-order valence-electron chi connectivity index (χ3n) is 11.7. The zero-order valence-corrected chi connectivity index (χ0v) is 30.9. The van der Waals surface area contributed by atoms with E-state index in [1.54, 1.807) is 25.7 Å². The largest absolute Gasteiger partial charge is 0.481 e. The van der Waals surface area contributed by atoms with Gasteiger partial charge >= 0.3 is 13.2 Å². The Labute approximate surface area is 301 Å². The zero-order valence-electron chi connectivity index (χ0n) is 30.9. The fraction of sp³-hybridized carbons (Fsp3) is 0.632. The van der Waals surface area contributed by atoms with Crippen LogP contribution < -0.4 is 22.1 Å². The highest BCUT2D eigenvalue weighted by Crippen LogP contribution is 2.65. The minimum atomic E-state index is -0.941. The van der Waals surface area contributed by atoms with Crippen LogP contribution in [0.1, 0.15) is 85.6 Å². The number of carbonyl (C=O) groups excluding carboxylic acids is 3. The highest BCUT2D eigenvalue weighted by atomic mass is 16.7. The lowest BCUT2D eigenvalue weighted by molar-refractivity contribution is -0.199. The number of alkyl carbamates (subject to hydrolysis) is 1. The number of ether oxygens (including phenoxy) is 1. The van der Waals surface area contributed by atoms with Crippen LogP contribution in [0.5, 0.6) is 0 Å². The first-order valence-corrected chi connectivity index (χ1v) is 18.5. The minimum absolute atomic E-state index is 0.0165. The normalized spacial score (nSPS) is 27.6. The van der Waals surface area contributed by atoms with Crippen molar-refractivity contribution in [1.29, 1.82) is 0 Å². The summed E-state index contributed by atoms with van der Waals surface area (Å²) < 4.78 is 18.9. The number of nitrogens with one attached hydrogen (secondary N) is 2. The molecule has 0 radical (unpaired) electrons. The smallest absolute Gasteiger partial charge is 0.444 e. The molecule has 3 aliphatic carbocycles. The molecule has 13 heteroatoms. The van der Waals surface area contributed by atoms with Crippen LogP contribution >= 0.6 is 0 Å². The summed E-state index contributed by atoms with van der Waals surface area (Å²) in [6, 6.07) is 12.3. The molecule has 2 aromatic rings. The molecular weight excluding hydrogens is 647 g/mol. The number of amides is 3. The van der Waals surface area contributed by atoms with Crippen molar-refractivity contribution in [2.75, 3.05) is 13.1 Å². The van der Waals surface area contributed by atoms with E-state index in [1.165, 1.54) is 0 Å². The summed E-state index contributed by atoms with van der Waals surface area (Å²) in [6.07, 6.45) is 3.84. The lowest BCUT2D eigenvalue weighted by Crippen LogP contribution is -2.65. The van der Waals surface area contributed by atoms with E-state index in [0.29, 0.717) is 50.6 Å². The Kier molecular flexibility index (Phi) is 10.4. The molecular formula is C38H55BN6O6. The second kappa shape index (κ2) is 14.3. The van der Waals surface area contributed by atoms with Gasteiger partial charge in [-0.25, -0.2) is 4.79 Å². The van der Waals surface area contributed by atoms with Crippen molar-refractivity contribution in [3.8, 4) is 0 Å². The highest BCUT2D eigenvalue weighted by Gasteiger charge is 2.68. The number of aliphatic imine (C=N–C) groups is 1. The summed E-state index contributed by atoms with van der Waals surface area (Å²) in [5, 5.41) is 8.17. The van der Waals surface area contributed by atoms with Crippen molar-refractivity contribution in [3.05, 3.63) is 48.0 Å². The Morgan fingerprint density at radius 1 is 1.08 bits per heavy atom. The standard InChI is InChI=1S/C38H55BN6O6/c1-36(2,3)49-35(48)43-27(20-23-15-16-24-11-7-8-12-25(24)19-23)33(47)45-18-10-13-28(45)32(46)44-31(14-9-17-42-34(40)41)39-50-30-22-26-21-29(37(26,4)5)38(30,6)51-39/h7-8,11-12,15-16,19,26-31H,9-10,13-14,17-18,20-22H2,1-6H3,(H,43,48)(H,44,46)(H4,40,41,42)/t26?,27-,28-,29?,30?,31-,38-/m0/s1. The maximum Gasteiger partial charge on any atom is 0.481 e. The number of likely N-dealkylation sites (tertiary alicyclic amines) is 1. The van der Waals surface area contributed by atoms with E-state index in [9.17, 15) is 14.4 Å². The Hall–Kier alpha value is -3.84. The van der Waals surface area contributed by atoms with E-state index in [2.05, 4.69) is 36.4 Å². The fourth-order valence-corrected chi connectivity index (χ4v) is 8.90. The van der Waals surface area contributed by atoms with Crippen molar-refractivity contribution in [2.24, 2.45) is 33.7 Å². The van der Waals surface area contributed by atoms with Gasteiger partial charge < -0.3 is 41.0 Å². The van der Waals surface area contributed by atoms with Gasteiger partial charge in [-0.2, -0.15) is 0 Å². The van der Waals surface area contributed by atoms with Gasteiger partial charge in [0.2, 0.25) is 11.8 Å². The number of fused-ring (bicyclic) bond motifs is 1. The molecule has 51 heavy (non-hydrogen) atoms. The lowest BCUT2D eigenvalue weighted by atomic mass is 9.43. The molecule has 2 bridgehead atoms. The van der Waals surface area contributed by atoms with Crippen LogP contribution in [0.3, 0.4) is 0 Å². The van der Waals surface area contributed by atoms with Crippen LogP contribution in [0.25, 0.3) is 10.8 Å². The van der Waals surface area contributed by atoms with Gasteiger partial charge in [0.05, 0.1) is 17.6 Å². The van der Waals surface area contributed by atoms with Crippen LogP contribution in [0.4, 0.5) is 4.79 Å². The van der Waals surface area contributed by atoms with Crippen molar-refractivity contribution in [2.45, 2.75) is 122 Å². The van der Waals surface area contributed by atoms with E-state index in [0.717, 1.165) is 29.2 Å². The molecule has 2 heterocycles. The van der Waals surface area contributed by atoms with Gasteiger partial charge in [0.15, 0.2) is 5.96 Å². The van der Waals surface area contributed by atoms with Gasteiger partial charge in [-0.15, -0.1) is 0 Å². The average Bonchev–Trinajstić information content (AvgIpc) is 3.69. The topological polar surface area (TPSA) is 171 Å². The number of rotatable bonds is 11. The highest BCUT2D eigenvalue weighted by molar-refractivity contribution is 6.48. The van der Waals surface area contributed by atoms with Gasteiger partial charge in [0, 0.05) is 19.5 Å². The van der Waals surface area contributed by atoms with Gasteiger partial charge in [0.25, 0.3) is 0 Å². The third-order valence-corrected chi connectivity index (χ3v) is 11.7. The first-order chi connectivity index (χ1) is 24.0. The molecule has 0 spiro atoms. The molecule has 7 atom stereocenters. The summed E-state index contributed by atoms with van der Waals surface area (Å²) in [6.45, 7) is 12.9. The molecule has 12 nitrogen and oxygen atoms in total. The van der Waals surface area contributed by atoms with Crippen molar-refractivity contribution in [3.63, 3.8) is 0 Å². The zero-order chi connectivity index (χ0) is 36.7. The summed E-state index contributed by atoms with van der Waals surface area (Å²) in [5.74, 6) is -0.0938. The number of nitrogens with two attached hydrogens (primary N) is 2. The molecule has 2 aromatic carbocycles. The number of nitrogens with zero attached hydrogens (tertiary/aromatic N) is 2. The van der Waals surface area contributed by atoms with Crippen LogP contribution in [0, 0.1) is 17.3 Å². The Morgan fingerprint density at radius 3 is 2.53 bits per heavy atom. The molecule has 5 fully saturated rings. The number of guanidine groups is 1. The molecule has 7 rings (SSSR count). The maximum absolute atomic E-state index is 14.3. The Morgan fingerprint density at radius 2 is 1.82 bits per heavy atom. The fourth-order valence-electron chi connectivity index (χ4n) is 8.90. The second-order valence-electron chi connectivity index (χ2n) is 16.7. The van der Waals surface area contributed by atoms with Crippen molar-refractivity contribution in [1.82, 2.24) is 15.5 Å².